The van der Waals surface area contributed by atoms with E-state index in [-0.39, 0.29) is 0 Å². The standard InChI is InChI=1S/C15H16N2OS/c1-18-14-4-2-3-11(9-14)10-17-13-7-5-12(6-8-13)15(16)19/h2-9,17H,10H2,1H3,(H2,16,19). The Morgan fingerprint density at radius 3 is 2.58 bits per heavy atom. The van der Waals surface area contributed by atoms with Crippen LogP contribution in [-0.4, -0.2) is 12.1 Å². The van der Waals surface area contributed by atoms with Crippen LogP contribution in [0.1, 0.15) is 11.1 Å². The summed E-state index contributed by atoms with van der Waals surface area (Å²) < 4.78 is 5.19. The molecule has 0 aliphatic heterocycles. The third kappa shape index (κ3) is 3.69. The topological polar surface area (TPSA) is 47.3 Å². The number of ether oxygens (including phenoxy) is 1. The lowest BCUT2D eigenvalue weighted by Crippen LogP contribution is -2.09. The zero-order chi connectivity index (χ0) is 13.7. The van der Waals surface area contributed by atoms with Gasteiger partial charge in [0.1, 0.15) is 10.7 Å². The van der Waals surface area contributed by atoms with E-state index in [1.165, 1.54) is 0 Å². The summed E-state index contributed by atoms with van der Waals surface area (Å²) in [5, 5.41) is 3.34. The van der Waals surface area contributed by atoms with Gasteiger partial charge in [0.05, 0.1) is 7.11 Å². The van der Waals surface area contributed by atoms with E-state index in [4.69, 9.17) is 22.7 Å². The molecule has 0 aliphatic carbocycles. The van der Waals surface area contributed by atoms with E-state index in [2.05, 4.69) is 11.4 Å². The minimum absolute atomic E-state index is 0.416. The van der Waals surface area contributed by atoms with Crippen LogP contribution in [0.5, 0.6) is 5.75 Å². The van der Waals surface area contributed by atoms with Crippen LogP contribution in [-0.2, 0) is 6.54 Å². The summed E-state index contributed by atoms with van der Waals surface area (Å²) in [4.78, 5) is 0.416. The monoisotopic (exact) mass is 272 g/mol. The zero-order valence-electron chi connectivity index (χ0n) is 10.7. The van der Waals surface area contributed by atoms with Crippen LogP contribution in [0, 0.1) is 0 Å². The Hall–Kier alpha value is -2.07. The van der Waals surface area contributed by atoms with Crippen LogP contribution in [0.15, 0.2) is 48.5 Å². The predicted molar refractivity (Wildman–Crippen MR) is 82.7 cm³/mol. The highest BCUT2D eigenvalue weighted by Crippen LogP contribution is 2.15. The molecule has 0 aromatic heterocycles. The lowest BCUT2D eigenvalue weighted by atomic mass is 10.2. The van der Waals surface area contributed by atoms with Crippen molar-refractivity contribution in [3.05, 3.63) is 59.7 Å². The number of nitrogens with one attached hydrogen (secondary N) is 1. The van der Waals surface area contributed by atoms with Gasteiger partial charge in [0.15, 0.2) is 0 Å². The Bertz CT molecular complexity index is 567. The molecule has 0 unspecified atom stereocenters. The van der Waals surface area contributed by atoms with Gasteiger partial charge in [-0.15, -0.1) is 0 Å². The SMILES string of the molecule is COc1cccc(CNc2ccc(C(N)=S)cc2)c1. The fraction of sp³-hybridized carbons (Fsp3) is 0.133. The van der Waals surface area contributed by atoms with Crippen molar-refractivity contribution in [2.24, 2.45) is 5.73 Å². The molecule has 0 atom stereocenters. The molecule has 0 fully saturated rings. The van der Waals surface area contributed by atoms with Crippen molar-refractivity contribution < 1.29 is 4.74 Å². The molecule has 0 aliphatic rings. The maximum Gasteiger partial charge on any atom is 0.119 e. The number of anilines is 1. The largest absolute Gasteiger partial charge is 0.497 e. The molecule has 0 radical (unpaired) electrons. The van der Waals surface area contributed by atoms with Crippen LogP contribution in [0.25, 0.3) is 0 Å². The molecule has 2 aromatic rings. The van der Waals surface area contributed by atoms with Crippen LogP contribution in [0.2, 0.25) is 0 Å². The molecule has 0 heterocycles. The number of hydrogen-bond donors (Lipinski definition) is 2. The van der Waals surface area contributed by atoms with Crippen molar-refractivity contribution in [1.29, 1.82) is 0 Å². The number of thiocarbonyl (C=S) groups is 1. The zero-order valence-corrected chi connectivity index (χ0v) is 11.5. The summed E-state index contributed by atoms with van der Waals surface area (Å²) in [7, 11) is 1.67. The average Bonchev–Trinajstić information content (AvgIpc) is 2.46. The third-order valence-electron chi connectivity index (χ3n) is 2.80. The second-order valence-corrected chi connectivity index (χ2v) is 4.59. The lowest BCUT2D eigenvalue weighted by Gasteiger charge is -2.08. The van der Waals surface area contributed by atoms with Gasteiger partial charge in [0.25, 0.3) is 0 Å². The highest BCUT2D eigenvalue weighted by atomic mass is 32.1. The Kier molecular flexibility index (Phi) is 4.36. The molecule has 0 saturated heterocycles. The Morgan fingerprint density at radius 1 is 1.21 bits per heavy atom. The fourth-order valence-electron chi connectivity index (χ4n) is 1.74. The summed E-state index contributed by atoms with van der Waals surface area (Å²) in [6.45, 7) is 0.740. The quantitative estimate of drug-likeness (QED) is 0.822. The summed E-state index contributed by atoms with van der Waals surface area (Å²) in [6.07, 6.45) is 0. The molecule has 4 heteroatoms. The van der Waals surface area contributed by atoms with Crippen molar-refractivity contribution in [1.82, 2.24) is 0 Å². The van der Waals surface area contributed by atoms with Gasteiger partial charge in [0.2, 0.25) is 0 Å². The first-order valence-corrected chi connectivity index (χ1v) is 6.36. The van der Waals surface area contributed by atoms with Gasteiger partial charge in [-0.2, -0.15) is 0 Å². The van der Waals surface area contributed by atoms with Crippen molar-refractivity contribution in [3.63, 3.8) is 0 Å². The minimum atomic E-state index is 0.416. The van der Waals surface area contributed by atoms with Crippen LogP contribution >= 0.6 is 12.2 Å². The summed E-state index contributed by atoms with van der Waals surface area (Å²) in [5.41, 5.74) is 8.63. The van der Waals surface area contributed by atoms with Crippen molar-refractivity contribution >= 4 is 22.9 Å². The summed E-state index contributed by atoms with van der Waals surface area (Å²) in [6, 6.07) is 15.7. The number of nitrogens with two attached hydrogens (primary N) is 1. The maximum atomic E-state index is 5.56. The van der Waals surface area contributed by atoms with E-state index >= 15 is 0 Å². The second kappa shape index (κ2) is 6.20. The molecule has 0 amide bonds. The molecule has 98 valence electrons. The van der Waals surface area contributed by atoms with E-state index in [1.54, 1.807) is 7.11 Å². The number of benzene rings is 2. The second-order valence-electron chi connectivity index (χ2n) is 4.15. The van der Waals surface area contributed by atoms with E-state index in [9.17, 15) is 0 Å². The van der Waals surface area contributed by atoms with Gasteiger partial charge >= 0.3 is 0 Å². The van der Waals surface area contributed by atoms with E-state index in [0.29, 0.717) is 4.99 Å². The molecule has 19 heavy (non-hydrogen) atoms. The number of hydrogen-bond acceptors (Lipinski definition) is 3. The van der Waals surface area contributed by atoms with Gasteiger partial charge in [-0.25, -0.2) is 0 Å². The highest BCUT2D eigenvalue weighted by Gasteiger charge is 1.98. The minimum Gasteiger partial charge on any atom is -0.497 e. The van der Waals surface area contributed by atoms with Crippen LogP contribution in [0.4, 0.5) is 5.69 Å². The Labute approximate surface area is 118 Å². The van der Waals surface area contributed by atoms with E-state index < -0.39 is 0 Å². The molecule has 0 spiro atoms. The Balaban J connectivity index is 1.99. The average molecular weight is 272 g/mol. The predicted octanol–water partition coefficient (Wildman–Crippen LogP) is 2.94. The molecule has 2 aromatic carbocycles. The number of methoxy groups -OCH3 is 1. The first kappa shape index (κ1) is 13.4. The molecule has 3 N–H and O–H groups in total. The lowest BCUT2D eigenvalue weighted by molar-refractivity contribution is 0.414. The summed E-state index contributed by atoms with van der Waals surface area (Å²) >= 11 is 4.92. The molecule has 0 saturated carbocycles. The molecular weight excluding hydrogens is 256 g/mol. The van der Waals surface area contributed by atoms with E-state index in [0.717, 1.165) is 29.1 Å². The van der Waals surface area contributed by atoms with E-state index in [1.807, 2.05) is 42.5 Å². The summed E-state index contributed by atoms with van der Waals surface area (Å²) in [5.74, 6) is 0.864. The number of rotatable bonds is 5. The van der Waals surface area contributed by atoms with Crippen molar-refractivity contribution in [2.75, 3.05) is 12.4 Å². The van der Waals surface area contributed by atoms with Gasteiger partial charge in [-0.1, -0.05) is 24.4 Å². The normalized spacial score (nSPS) is 9.95. The highest BCUT2D eigenvalue weighted by molar-refractivity contribution is 7.80. The van der Waals surface area contributed by atoms with Gasteiger partial charge in [-0.3, -0.25) is 0 Å². The molecule has 3 nitrogen and oxygen atoms in total. The third-order valence-corrected chi connectivity index (χ3v) is 3.04. The van der Waals surface area contributed by atoms with Crippen LogP contribution in [0.3, 0.4) is 0 Å². The maximum absolute atomic E-state index is 5.56. The molecule has 2 rings (SSSR count). The Morgan fingerprint density at radius 2 is 1.95 bits per heavy atom. The molecular formula is C15H16N2OS. The van der Waals surface area contributed by atoms with Gasteiger partial charge < -0.3 is 15.8 Å². The van der Waals surface area contributed by atoms with Crippen LogP contribution < -0.4 is 15.8 Å². The molecule has 0 bridgehead atoms. The smallest absolute Gasteiger partial charge is 0.119 e. The van der Waals surface area contributed by atoms with Gasteiger partial charge in [0, 0.05) is 17.8 Å². The van der Waals surface area contributed by atoms with Crippen molar-refractivity contribution in [3.8, 4) is 5.75 Å². The first-order chi connectivity index (χ1) is 9.19. The van der Waals surface area contributed by atoms with Crippen molar-refractivity contribution in [2.45, 2.75) is 6.54 Å². The van der Waals surface area contributed by atoms with Gasteiger partial charge in [-0.05, 0) is 42.0 Å². The first-order valence-electron chi connectivity index (χ1n) is 5.96. The fourth-order valence-corrected chi connectivity index (χ4v) is 1.87.